The van der Waals surface area contributed by atoms with Crippen LogP contribution in [0.2, 0.25) is 0 Å². The van der Waals surface area contributed by atoms with Crippen LogP contribution in [0.15, 0.2) is 72.8 Å². The molecule has 0 radical (unpaired) electrons. The van der Waals surface area contributed by atoms with Crippen molar-refractivity contribution in [1.82, 2.24) is 0 Å². The molecule has 92 valence electrons. The summed E-state index contributed by atoms with van der Waals surface area (Å²) >= 11 is 0. The van der Waals surface area contributed by atoms with Gasteiger partial charge in [0, 0.05) is 0 Å². The summed E-state index contributed by atoms with van der Waals surface area (Å²) in [5.41, 5.74) is 0. The summed E-state index contributed by atoms with van der Waals surface area (Å²) in [7, 11) is 0. The van der Waals surface area contributed by atoms with Crippen LogP contribution >= 0.6 is 13.5 Å². The molecule has 19 heavy (non-hydrogen) atoms. The van der Waals surface area contributed by atoms with E-state index >= 15 is 0 Å². The zero-order valence-electron chi connectivity index (χ0n) is 10.4. The molecule has 1 heteroatoms. The van der Waals surface area contributed by atoms with Gasteiger partial charge in [0.2, 0.25) is 0 Å². The first-order chi connectivity index (χ1) is 8.95. The topological polar surface area (TPSA) is 0 Å². The first-order valence-corrected chi connectivity index (χ1v) is 6.23. The van der Waals surface area contributed by atoms with Gasteiger partial charge in [-0.15, -0.1) is 0 Å². The SMILES string of the molecule is S.c1ccc2c(c1)c1ccccc1c1ccccc21. The third kappa shape index (κ3) is 1.70. The maximum absolute atomic E-state index is 2.21. The fraction of sp³-hybridized carbons (Fsp3) is 0. The van der Waals surface area contributed by atoms with Gasteiger partial charge >= 0.3 is 0 Å². The van der Waals surface area contributed by atoms with E-state index in [9.17, 15) is 0 Å². The van der Waals surface area contributed by atoms with Crippen LogP contribution in [0.4, 0.5) is 0 Å². The molecule has 0 spiro atoms. The average molecular weight is 262 g/mol. The molecule has 0 aromatic heterocycles. The summed E-state index contributed by atoms with van der Waals surface area (Å²) in [6.45, 7) is 0. The molecule has 4 aromatic carbocycles. The Labute approximate surface area is 119 Å². The summed E-state index contributed by atoms with van der Waals surface area (Å²) in [6.07, 6.45) is 0. The van der Waals surface area contributed by atoms with Gasteiger partial charge in [-0.2, -0.15) is 13.5 Å². The van der Waals surface area contributed by atoms with E-state index in [4.69, 9.17) is 0 Å². The van der Waals surface area contributed by atoms with Crippen LogP contribution in [0.25, 0.3) is 32.3 Å². The molecule has 0 fully saturated rings. The fourth-order valence-corrected chi connectivity index (χ4v) is 2.86. The third-order valence-corrected chi connectivity index (χ3v) is 3.65. The predicted octanol–water partition coefficient (Wildman–Crippen LogP) is 5.26. The quantitative estimate of drug-likeness (QED) is 0.379. The highest BCUT2D eigenvalue weighted by molar-refractivity contribution is 7.59. The van der Waals surface area contributed by atoms with Crippen LogP contribution in [0.1, 0.15) is 0 Å². The van der Waals surface area contributed by atoms with Gasteiger partial charge in [0.25, 0.3) is 0 Å². The summed E-state index contributed by atoms with van der Waals surface area (Å²) in [6, 6.07) is 26.0. The molecule has 0 aliphatic heterocycles. The van der Waals surface area contributed by atoms with E-state index < -0.39 is 0 Å². The van der Waals surface area contributed by atoms with E-state index in [0.29, 0.717) is 0 Å². The Kier molecular flexibility index (Phi) is 2.92. The number of hydrogen-bond donors (Lipinski definition) is 0. The van der Waals surface area contributed by atoms with Gasteiger partial charge in [-0.3, -0.25) is 0 Å². The van der Waals surface area contributed by atoms with Gasteiger partial charge in [0.1, 0.15) is 0 Å². The van der Waals surface area contributed by atoms with Gasteiger partial charge in [0.15, 0.2) is 0 Å². The predicted molar refractivity (Wildman–Crippen MR) is 89.3 cm³/mol. The molecule has 4 rings (SSSR count). The van der Waals surface area contributed by atoms with Gasteiger partial charge in [-0.1, -0.05) is 72.8 Å². The third-order valence-electron chi connectivity index (χ3n) is 3.65. The number of benzene rings is 4. The Bertz CT molecular complexity index is 657. The monoisotopic (exact) mass is 262 g/mol. The normalized spacial score (nSPS) is 10.7. The minimum Gasteiger partial charge on any atom is -0.197 e. The number of rotatable bonds is 0. The number of hydrogen-bond acceptors (Lipinski definition) is 0. The van der Waals surface area contributed by atoms with E-state index in [0.717, 1.165) is 0 Å². The Morgan fingerprint density at radius 3 is 0.632 bits per heavy atom. The van der Waals surface area contributed by atoms with Crippen molar-refractivity contribution in [2.45, 2.75) is 0 Å². The van der Waals surface area contributed by atoms with E-state index in [2.05, 4.69) is 72.8 Å². The summed E-state index contributed by atoms with van der Waals surface area (Å²) in [4.78, 5) is 0. The second kappa shape index (κ2) is 4.60. The van der Waals surface area contributed by atoms with E-state index in [1.54, 1.807) is 0 Å². The smallest absolute Gasteiger partial charge is 0.00990 e. The van der Waals surface area contributed by atoms with E-state index in [1.807, 2.05) is 0 Å². The molecule has 0 bridgehead atoms. The van der Waals surface area contributed by atoms with Crippen LogP contribution in [0.3, 0.4) is 0 Å². The van der Waals surface area contributed by atoms with Crippen molar-refractivity contribution in [2.75, 3.05) is 0 Å². The minimum absolute atomic E-state index is 0. The zero-order valence-corrected chi connectivity index (χ0v) is 11.4. The lowest BCUT2D eigenvalue weighted by Crippen LogP contribution is -1.81. The van der Waals surface area contributed by atoms with Crippen molar-refractivity contribution in [1.29, 1.82) is 0 Å². The summed E-state index contributed by atoms with van der Waals surface area (Å²) in [5, 5.41) is 8.04. The maximum atomic E-state index is 2.21. The van der Waals surface area contributed by atoms with Gasteiger partial charge < -0.3 is 0 Å². The molecule has 0 N–H and O–H groups in total. The highest BCUT2D eigenvalue weighted by Gasteiger charge is 2.06. The number of fused-ring (bicyclic) bond motifs is 6. The standard InChI is InChI=1S/C18H12.H2S/c1-2-8-14-13(7-1)15-9-3-4-11-17(15)18-12-6-5-10-16(14)18;/h1-12H;1H2. The van der Waals surface area contributed by atoms with Crippen molar-refractivity contribution in [2.24, 2.45) is 0 Å². The van der Waals surface area contributed by atoms with Crippen LogP contribution in [-0.2, 0) is 0 Å². The minimum atomic E-state index is 0. The molecule has 0 saturated carbocycles. The first-order valence-electron chi connectivity index (χ1n) is 6.23. The Morgan fingerprint density at radius 1 is 0.316 bits per heavy atom. The van der Waals surface area contributed by atoms with Gasteiger partial charge in [0.05, 0.1) is 0 Å². The van der Waals surface area contributed by atoms with E-state index in [1.165, 1.54) is 32.3 Å². The van der Waals surface area contributed by atoms with Crippen molar-refractivity contribution in [3.63, 3.8) is 0 Å². The molecule has 0 amide bonds. The summed E-state index contributed by atoms with van der Waals surface area (Å²) in [5.74, 6) is 0. The largest absolute Gasteiger partial charge is 0.197 e. The second-order valence-electron chi connectivity index (χ2n) is 4.64. The van der Waals surface area contributed by atoms with Gasteiger partial charge in [-0.25, -0.2) is 0 Å². The molecule has 0 aliphatic carbocycles. The molecule has 0 saturated heterocycles. The Morgan fingerprint density at radius 2 is 0.474 bits per heavy atom. The molecule has 0 aliphatic rings. The summed E-state index contributed by atoms with van der Waals surface area (Å²) < 4.78 is 0. The Balaban J connectivity index is 0.00000110. The lowest BCUT2D eigenvalue weighted by atomic mass is 9.95. The molecular weight excluding hydrogens is 248 g/mol. The zero-order chi connectivity index (χ0) is 11.9. The van der Waals surface area contributed by atoms with Crippen LogP contribution < -0.4 is 0 Å². The van der Waals surface area contributed by atoms with Crippen molar-refractivity contribution >= 4 is 45.8 Å². The van der Waals surface area contributed by atoms with E-state index in [-0.39, 0.29) is 13.5 Å². The van der Waals surface area contributed by atoms with Gasteiger partial charge in [-0.05, 0) is 32.3 Å². The molecule has 0 nitrogen and oxygen atoms in total. The van der Waals surface area contributed by atoms with Crippen LogP contribution in [0.5, 0.6) is 0 Å². The highest BCUT2D eigenvalue weighted by Crippen LogP contribution is 2.34. The van der Waals surface area contributed by atoms with Crippen molar-refractivity contribution < 1.29 is 0 Å². The molecule has 0 heterocycles. The lowest BCUT2D eigenvalue weighted by molar-refractivity contribution is 1.77. The Hall–Kier alpha value is -1.99. The van der Waals surface area contributed by atoms with Crippen molar-refractivity contribution in [3.8, 4) is 0 Å². The molecular formula is C18H14S. The molecule has 0 atom stereocenters. The lowest BCUT2D eigenvalue weighted by Gasteiger charge is -2.09. The highest BCUT2D eigenvalue weighted by atomic mass is 32.1. The maximum Gasteiger partial charge on any atom is -0.00990 e. The second-order valence-corrected chi connectivity index (χ2v) is 4.64. The van der Waals surface area contributed by atoms with Crippen LogP contribution in [0, 0.1) is 0 Å². The van der Waals surface area contributed by atoms with Crippen LogP contribution in [-0.4, -0.2) is 0 Å². The fourth-order valence-electron chi connectivity index (χ4n) is 2.86. The first kappa shape index (κ1) is 12.1. The average Bonchev–Trinajstić information content (AvgIpc) is 2.48. The molecule has 4 aromatic rings. The van der Waals surface area contributed by atoms with Crippen molar-refractivity contribution in [3.05, 3.63) is 72.8 Å². The molecule has 0 unspecified atom stereocenters.